The Morgan fingerprint density at radius 1 is 1.03 bits per heavy atom. The van der Waals surface area contributed by atoms with Gasteiger partial charge in [0.1, 0.15) is 0 Å². The van der Waals surface area contributed by atoms with Crippen molar-refractivity contribution in [2.45, 2.75) is 26.7 Å². The third-order valence-corrected chi connectivity index (χ3v) is 6.47. The molecular weight excluding hydrogens is 394 g/mol. The number of piperazine rings is 1. The highest BCUT2D eigenvalue weighted by atomic mass is 32.1. The van der Waals surface area contributed by atoms with Crippen LogP contribution in [0.4, 0.5) is 0 Å². The number of para-hydroxylation sites is 1. The molecule has 1 aliphatic heterocycles. The summed E-state index contributed by atoms with van der Waals surface area (Å²) >= 11 is 1.62. The van der Waals surface area contributed by atoms with Gasteiger partial charge in [-0.25, -0.2) is 4.98 Å². The molecule has 6 heteroatoms. The summed E-state index contributed by atoms with van der Waals surface area (Å²) in [5, 5.41) is 2.89. The zero-order valence-electron chi connectivity index (χ0n) is 17.5. The van der Waals surface area contributed by atoms with Crippen LogP contribution in [0.3, 0.4) is 0 Å². The number of hydrogen-bond donors (Lipinski definition) is 0. The monoisotopic (exact) mass is 421 g/mol. The molecule has 0 atom stereocenters. The predicted octanol–water partition coefficient (Wildman–Crippen LogP) is 4.68. The number of fused-ring (bicyclic) bond motifs is 1. The molecule has 0 bridgehead atoms. The molecule has 3 heterocycles. The van der Waals surface area contributed by atoms with Gasteiger partial charge in [-0.3, -0.25) is 9.59 Å². The van der Waals surface area contributed by atoms with Gasteiger partial charge in [0.25, 0.3) is 5.91 Å². The number of aromatic nitrogens is 1. The summed E-state index contributed by atoms with van der Waals surface area (Å²) in [5.74, 6) is 0.736. The minimum atomic E-state index is 0.0145. The van der Waals surface area contributed by atoms with Crippen molar-refractivity contribution in [1.82, 2.24) is 14.8 Å². The molecule has 0 unspecified atom stereocenters. The molecule has 156 valence electrons. The van der Waals surface area contributed by atoms with Crippen molar-refractivity contribution in [3.63, 3.8) is 0 Å². The molecule has 0 N–H and O–H groups in total. The van der Waals surface area contributed by atoms with Crippen molar-refractivity contribution in [2.24, 2.45) is 5.92 Å². The lowest BCUT2D eigenvalue weighted by Crippen LogP contribution is -2.50. The maximum absolute atomic E-state index is 13.4. The van der Waals surface area contributed by atoms with Crippen LogP contribution < -0.4 is 0 Å². The van der Waals surface area contributed by atoms with Gasteiger partial charge >= 0.3 is 0 Å². The molecule has 3 aromatic rings. The lowest BCUT2D eigenvalue weighted by atomic mass is 10.0. The van der Waals surface area contributed by atoms with Gasteiger partial charge in [0, 0.05) is 38.0 Å². The first-order chi connectivity index (χ1) is 14.5. The van der Waals surface area contributed by atoms with E-state index in [1.54, 1.807) is 11.3 Å². The Balaban J connectivity index is 1.53. The molecule has 0 aliphatic carbocycles. The van der Waals surface area contributed by atoms with Crippen LogP contribution >= 0.6 is 11.3 Å². The number of carbonyl (C=O) groups excluding carboxylic acids is 2. The van der Waals surface area contributed by atoms with Gasteiger partial charge in [0.2, 0.25) is 5.91 Å². The number of pyridine rings is 1. The third kappa shape index (κ3) is 4.38. The molecular formula is C24H27N3O2S. The highest BCUT2D eigenvalue weighted by molar-refractivity contribution is 7.13. The third-order valence-electron chi connectivity index (χ3n) is 5.58. The van der Waals surface area contributed by atoms with E-state index in [-0.39, 0.29) is 11.8 Å². The number of rotatable bonds is 5. The van der Waals surface area contributed by atoms with Crippen molar-refractivity contribution in [3.05, 3.63) is 53.4 Å². The van der Waals surface area contributed by atoms with Crippen molar-refractivity contribution in [2.75, 3.05) is 26.2 Å². The van der Waals surface area contributed by atoms with Crippen molar-refractivity contribution in [3.8, 4) is 10.6 Å². The summed E-state index contributed by atoms with van der Waals surface area (Å²) in [4.78, 5) is 35.4. The van der Waals surface area contributed by atoms with Crippen LogP contribution in [0, 0.1) is 5.92 Å². The minimum absolute atomic E-state index is 0.0145. The van der Waals surface area contributed by atoms with Crippen LogP contribution in [-0.2, 0) is 4.79 Å². The Morgan fingerprint density at radius 3 is 2.47 bits per heavy atom. The highest BCUT2D eigenvalue weighted by Gasteiger charge is 2.26. The fourth-order valence-electron chi connectivity index (χ4n) is 3.80. The molecule has 2 aromatic heterocycles. The standard InChI is InChI=1S/C24H27N3O2S/c1-17(2)9-10-23(28)26-11-13-27(14-12-26)24(29)19-16-21(22-8-5-15-30-22)25-20-7-4-3-6-18(19)20/h3-8,15-17H,9-14H2,1-2H3. The summed E-state index contributed by atoms with van der Waals surface area (Å²) in [6.07, 6.45) is 1.50. The average Bonchev–Trinajstić information content (AvgIpc) is 3.31. The average molecular weight is 422 g/mol. The zero-order valence-corrected chi connectivity index (χ0v) is 18.3. The number of benzene rings is 1. The van der Waals surface area contributed by atoms with Gasteiger partial charge in [-0.1, -0.05) is 38.1 Å². The Hall–Kier alpha value is -2.73. The molecule has 1 fully saturated rings. The molecule has 30 heavy (non-hydrogen) atoms. The topological polar surface area (TPSA) is 53.5 Å². The van der Waals surface area contributed by atoms with Crippen LogP contribution in [0.1, 0.15) is 37.0 Å². The first-order valence-electron chi connectivity index (χ1n) is 10.5. The molecule has 5 nitrogen and oxygen atoms in total. The van der Waals surface area contributed by atoms with Crippen LogP contribution in [-0.4, -0.2) is 52.8 Å². The molecule has 2 amide bonds. The van der Waals surface area contributed by atoms with Crippen molar-refractivity contribution in [1.29, 1.82) is 0 Å². The van der Waals surface area contributed by atoms with E-state index in [9.17, 15) is 9.59 Å². The summed E-state index contributed by atoms with van der Waals surface area (Å²) in [6, 6.07) is 13.7. The van der Waals surface area contributed by atoms with Gasteiger partial charge in [-0.15, -0.1) is 11.3 Å². The maximum atomic E-state index is 13.4. The summed E-state index contributed by atoms with van der Waals surface area (Å²) in [5.41, 5.74) is 2.34. The number of nitrogens with zero attached hydrogens (tertiary/aromatic N) is 3. The first-order valence-corrected chi connectivity index (χ1v) is 11.4. The van der Waals surface area contributed by atoms with Crippen molar-refractivity contribution >= 4 is 34.1 Å². The first kappa shape index (κ1) is 20.5. The summed E-state index contributed by atoms with van der Waals surface area (Å²) in [6.45, 7) is 6.60. The van der Waals surface area contributed by atoms with E-state index in [0.717, 1.165) is 27.9 Å². The molecule has 1 saturated heterocycles. The zero-order chi connectivity index (χ0) is 21.1. The van der Waals surface area contributed by atoms with E-state index in [4.69, 9.17) is 4.98 Å². The molecule has 1 aliphatic rings. The second-order valence-corrected chi connectivity index (χ2v) is 9.10. The number of hydrogen-bond acceptors (Lipinski definition) is 4. The minimum Gasteiger partial charge on any atom is -0.339 e. The molecule has 0 spiro atoms. The summed E-state index contributed by atoms with van der Waals surface area (Å²) < 4.78 is 0. The van der Waals surface area contributed by atoms with Crippen LogP contribution in [0.5, 0.6) is 0 Å². The van der Waals surface area contributed by atoms with Gasteiger partial charge < -0.3 is 9.80 Å². The second kappa shape index (κ2) is 8.96. The Morgan fingerprint density at radius 2 is 1.77 bits per heavy atom. The maximum Gasteiger partial charge on any atom is 0.254 e. The molecule has 1 aromatic carbocycles. The lowest BCUT2D eigenvalue weighted by molar-refractivity contribution is -0.132. The van der Waals surface area contributed by atoms with Gasteiger partial charge in [0.15, 0.2) is 0 Å². The predicted molar refractivity (Wildman–Crippen MR) is 122 cm³/mol. The van der Waals surface area contributed by atoms with E-state index in [1.165, 1.54) is 0 Å². The quantitative estimate of drug-likeness (QED) is 0.601. The van der Waals surface area contributed by atoms with E-state index >= 15 is 0 Å². The van der Waals surface area contributed by atoms with Crippen LogP contribution in [0.25, 0.3) is 21.5 Å². The fourth-order valence-corrected chi connectivity index (χ4v) is 4.49. The van der Waals surface area contributed by atoms with E-state index in [1.807, 2.05) is 57.6 Å². The number of carbonyl (C=O) groups is 2. The summed E-state index contributed by atoms with van der Waals surface area (Å²) in [7, 11) is 0. The van der Waals surface area contributed by atoms with Crippen LogP contribution in [0.2, 0.25) is 0 Å². The Bertz CT molecular complexity index is 1040. The van der Waals surface area contributed by atoms with E-state index < -0.39 is 0 Å². The lowest BCUT2D eigenvalue weighted by Gasteiger charge is -2.35. The van der Waals surface area contributed by atoms with E-state index in [0.29, 0.717) is 44.1 Å². The largest absolute Gasteiger partial charge is 0.339 e. The van der Waals surface area contributed by atoms with E-state index in [2.05, 4.69) is 13.8 Å². The number of thiophene rings is 1. The fraction of sp³-hybridized carbons (Fsp3) is 0.375. The van der Waals surface area contributed by atoms with Gasteiger partial charge in [-0.2, -0.15) is 0 Å². The smallest absolute Gasteiger partial charge is 0.254 e. The van der Waals surface area contributed by atoms with Crippen molar-refractivity contribution < 1.29 is 9.59 Å². The Labute approximate surface area is 181 Å². The SMILES string of the molecule is CC(C)CCC(=O)N1CCN(C(=O)c2cc(-c3cccs3)nc3ccccc23)CC1. The number of amides is 2. The van der Waals surface area contributed by atoms with Gasteiger partial charge in [0.05, 0.1) is 21.7 Å². The van der Waals surface area contributed by atoms with Crippen LogP contribution in [0.15, 0.2) is 47.8 Å². The molecule has 0 saturated carbocycles. The highest BCUT2D eigenvalue weighted by Crippen LogP contribution is 2.28. The molecule has 0 radical (unpaired) electrons. The Kier molecular flexibility index (Phi) is 6.13. The van der Waals surface area contributed by atoms with Gasteiger partial charge in [-0.05, 0) is 35.9 Å². The normalized spacial score (nSPS) is 14.5. The molecule has 4 rings (SSSR count). The second-order valence-electron chi connectivity index (χ2n) is 8.16.